The number of nitrogens with one attached hydrogen (secondary N) is 1. The summed E-state index contributed by atoms with van der Waals surface area (Å²) in [5.74, 6) is 1.68. The first-order chi connectivity index (χ1) is 14.1. The number of benzene rings is 1. The fourth-order valence-electron chi connectivity index (χ4n) is 2.48. The van der Waals surface area contributed by atoms with E-state index in [9.17, 15) is 9.59 Å². The molecule has 1 aliphatic heterocycles. The van der Waals surface area contributed by atoms with Crippen molar-refractivity contribution in [3.63, 3.8) is 0 Å². The minimum atomic E-state index is -4.64. The predicted octanol–water partition coefficient (Wildman–Crippen LogP) is 0.738. The van der Waals surface area contributed by atoms with Gasteiger partial charge in [0, 0.05) is 31.4 Å². The lowest BCUT2D eigenvalue weighted by Crippen LogP contribution is -2.30. The first kappa shape index (κ1) is 26.6. The standard InChI is InChI=1S/C18H19N3O3S.H3O4P.H2O/c1-21(16-4-2-3-9-19-16)10-11-24-14-7-5-13(6-8-14)12-15-17(22)25-18(23)20-15;1-5(2,3)4;/h2-9,15H,10-12H2,1H3,(H,20,23);(H3,1,2,3,4);1H2. The van der Waals surface area contributed by atoms with Gasteiger partial charge in [0.05, 0.1) is 6.54 Å². The molecule has 1 fully saturated rings. The molecule has 31 heavy (non-hydrogen) atoms. The summed E-state index contributed by atoms with van der Waals surface area (Å²) in [5, 5.41) is 2.27. The fourth-order valence-corrected chi connectivity index (χ4v) is 3.15. The Morgan fingerprint density at radius 1 is 1.16 bits per heavy atom. The van der Waals surface area contributed by atoms with Crippen molar-refractivity contribution in [2.75, 3.05) is 25.1 Å². The number of hydrogen-bond acceptors (Lipinski definition) is 7. The lowest BCUT2D eigenvalue weighted by molar-refractivity contribution is -0.112. The second-order valence-electron chi connectivity index (χ2n) is 6.22. The van der Waals surface area contributed by atoms with Crippen LogP contribution in [0.1, 0.15) is 5.56 Å². The molecule has 0 spiro atoms. The van der Waals surface area contributed by atoms with Crippen LogP contribution in [0.5, 0.6) is 5.75 Å². The Balaban J connectivity index is 0.000000721. The number of likely N-dealkylation sites (N-methyl/N-ethyl adjacent to an activating group) is 1. The van der Waals surface area contributed by atoms with E-state index < -0.39 is 13.9 Å². The van der Waals surface area contributed by atoms with Gasteiger partial charge in [-0.15, -0.1) is 0 Å². The molecule has 13 heteroatoms. The molecule has 1 aromatic heterocycles. The van der Waals surface area contributed by atoms with Gasteiger partial charge in [0.15, 0.2) is 0 Å². The Morgan fingerprint density at radius 2 is 1.81 bits per heavy atom. The maximum absolute atomic E-state index is 11.6. The van der Waals surface area contributed by atoms with Crippen LogP contribution in [0.2, 0.25) is 0 Å². The smallest absolute Gasteiger partial charge is 0.466 e. The summed E-state index contributed by atoms with van der Waals surface area (Å²) in [6.07, 6.45) is 2.27. The van der Waals surface area contributed by atoms with E-state index in [1.54, 1.807) is 6.20 Å². The number of amides is 1. The van der Waals surface area contributed by atoms with E-state index in [4.69, 9.17) is 24.0 Å². The van der Waals surface area contributed by atoms with Crippen LogP contribution in [-0.2, 0) is 15.8 Å². The average molecular weight is 473 g/mol. The van der Waals surface area contributed by atoms with Crippen molar-refractivity contribution in [1.29, 1.82) is 0 Å². The monoisotopic (exact) mass is 473 g/mol. The molecule has 0 bridgehead atoms. The fraction of sp³-hybridized carbons (Fsp3) is 0.278. The molecule has 1 atom stereocenters. The third-order valence-electron chi connectivity index (χ3n) is 3.87. The Morgan fingerprint density at radius 3 is 2.32 bits per heavy atom. The number of pyridine rings is 1. The molecular formula is C18H24N3O8PS. The Bertz CT molecular complexity index is 886. The second-order valence-corrected chi connectivity index (χ2v) is 8.23. The van der Waals surface area contributed by atoms with Crippen LogP contribution in [0.15, 0.2) is 48.7 Å². The summed E-state index contributed by atoms with van der Waals surface area (Å²) >= 11 is 0.739. The first-order valence-corrected chi connectivity index (χ1v) is 11.1. The van der Waals surface area contributed by atoms with Crippen LogP contribution >= 0.6 is 19.6 Å². The average Bonchev–Trinajstić information content (AvgIpc) is 2.99. The van der Waals surface area contributed by atoms with Crippen LogP contribution < -0.4 is 15.0 Å². The summed E-state index contributed by atoms with van der Waals surface area (Å²) in [6.45, 7) is 1.26. The number of carbonyl (C=O) groups excluding carboxylic acids is 2. The third kappa shape index (κ3) is 10.4. The van der Waals surface area contributed by atoms with Crippen LogP contribution in [0, 0.1) is 0 Å². The maximum Gasteiger partial charge on any atom is 0.466 e. The van der Waals surface area contributed by atoms with Crippen molar-refractivity contribution in [2.24, 2.45) is 0 Å². The summed E-state index contributed by atoms with van der Waals surface area (Å²) in [7, 11) is -2.67. The summed E-state index contributed by atoms with van der Waals surface area (Å²) in [5.41, 5.74) is 0.985. The highest BCUT2D eigenvalue weighted by Crippen LogP contribution is 2.25. The molecule has 1 amide bonds. The van der Waals surface area contributed by atoms with Crippen molar-refractivity contribution in [3.8, 4) is 5.75 Å². The van der Waals surface area contributed by atoms with Crippen molar-refractivity contribution in [1.82, 2.24) is 10.3 Å². The van der Waals surface area contributed by atoms with Gasteiger partial charge in [-0.3, -0.25) is 9.59 Å². The lowest BCUT2D eigenvalue weighted by Gasteiger charge is -2.18. The number of phosphoric acid groups is 1. The van der Waals surface area contributed by atoms with Crippen molar-refractivity contribution >= 4 is 35.8 Å². The van der Waals surface area contributed by atoms with Gasteiger partial charge in [0.25, 0.3) is 5.24 Å². The molecule has 11 nitrogen and oxygen atoms in total. The molecule has 2 heterocycles. The van der Waals surface area contributed by atoms with E-state index in [0.29, 0.717) is 13.0 Å². The Labute approximate surface area is 183 Å². The molecule has 170 valence electrons. The SMILES string of the molecule is CN(CCOc1ccc(CC2NC(=O)SC2=O)cc1)c1ccccn1.O.O=P(O)(O)O. The van der Waals surface area contributed by atoms with Crippen LogP contribution in [0.4, 0.5) is 10.6 Å². The van der Waals surface area contributed by atoms with Crippen molar-refractivity contribution < 1.29 is 39.0 Å². The summed E-state index contributed by atoms with van der Waals surface area (Å²) < 4.78 is 14.6. The van der Waals surface area contributed by atoms with E-state index in [1.807, 2.05) is 54.4 Å². The van der Waals surface area contributed by atoms with Crippen LogP contribution in [0.25, 0.3) is 0 Å². The molecule has 0 aliphatic carbocycles. The molecule has 1 aliphatic rings. The number of aromatic nitrogens is 1. The maximum atomic E-state index is 11.6. The molecular weight excluding hydrogens is 449 g/mol. The Kier molecular flexibility index (Phi) is 10.6. The first-order valence-electron chi connectivity index (χ1n) is 8.76. The molecule has 1 unspecified atom stereocenters. The molecule has 2 aromatic rings. The van der Waals surface area contributed by atoms with Crippen molar-refractivity contribution in [2.45, 2.75) is 12.5 Å². The number of carbonyl (C=O) groups is 2. The highest BCUT2D eigenvalue weighted by Gasteiger charge is 2.31. The minimum Gasteiger partial charge on any atom is -0.492 e. The lowest BCUT2D eigenvalue weighted by atomic mass is 10.1. The summed E-state index contributed by atoms with van der Waals surface area (Å²) in [6, 6.07) is 13.0. The van der Waals surface area contributed by atoms with Gasteiger partial charge >= 0.3 is 7.82 Å². The molecule has 6 N–H and O–H groups in total. The summed E-state index contributed by atoms with van der Waals surface area (Å²) in [4.78, 5) is 50.7. The number of hydrogen-bond donors (Lipinski definition) is 4. The third-order valence-corrected chi connectivity index (χ3v) is 4.66. The zero-order valence-corrected chi connectivity index (χ0v) is 18.3. The van der Waals surface area contributed by atoms with Gasteiger partial charge in [-0.25, -0.2) is 9.55 Å². The van der Waals surface area contributed by atoms with E-state index in [-0.39, 0.29) is 15.8 Å². The normalized spacial score (nSPS) is 15.3. The molecule has 0 radical (unpaired) electrons. The van der Waals surface area contributed by atoms with Gasteiger partial charge in [-0.2, -0.15) is 0 Å². The quantitative estimate of drug-likeness (QED) is 0.419. The number of nitrogens with zero attached hydrogens (tertiary/aromatic N) is 2. The van der Waals surface area contributed by atoms with Gasteiger partial charge in [0.2, 0.25) is 5.12 Å². The van der Waals surface area contributed by atoms with E-state index in [1.165, 1.54) is 0 Å². The number of ether oxygens (including phenoxy) is 1. The van der Waals surface area contributed by atoms with Crippen molar-refractivity contribution in [3.05, 3.63) is 54.2 Å². The Hall–Kier alpha value is -2.47. The zero-order valence-electron chi connectivity index (χ0n) is 16.5. The van der Waals surface area contributed by atoms with E-state index >= 15 is 0 Å². The highest BCUT2D eigenvalue weighted by molar-refractivity contribution is 8.26. The molecule has 1 saturated heterocycles. The number of thioether (sulfide) groups is 1. The topological polar surface area (TPSA) is 181 Å². The molecule has 0 saturated carbocycles. The zero-order chi connectivity index (χ0) is 22.1. The van der Waals surface area contributed by atoms with Gasteiger partial charge < -0.3 is 35.1 Å². The van der Waals surface area contributed by atoms with Gasteiger partial charge in [-0.1, -0.05) is 18.2 Å². The number of rotatable bonds is 7. The van der Waals surface area contributed by atoms with E-state index in [0.717, 1.165) is 35.4 Å². The van der Waals surface area contributed by atoms with Crippen LogP contribution in [-0.4, -0.2) is 61.7 Å². The predicted molar refractivity (Wildman–Crippen MR) is 116 cm³/mol. The minimum absolute atomic E-state index is 0. The van der Waals surface area contributed by atoms with Gasteiger partial charge in [-0.05, 0) is 29.8 Å². The largest absolute Gasteiger partial charge is 0.492 e. The highest BCUT2D eigenvalue weighted by atomic mass is 32.2. The molecule has 1 aromatic carbocycles. The van der Waals surface area contributed by atoms with Crippen LogP contribution in [0.3, 0.4) is 0 Å². The number of anilines is 1. The van der Waals surface area contributed by atoms with Gasteiger partial charge in [0.1, 0.15) is 24.2 Å². The molecule has 3 rings (SSSR count). The van der Waals surface area contributed by atoms with E-state index in [2.05, 4.69) is 10.3 Å². The second kappa shape index (κ2) is 12.4.